The standard InChI is InChI=1S/C22H24N2O4S/c1-15-6-7-16(2)21(13-15)17(3)24-22(25)18-8-10-20(11-9-18)29(26,27)23-14-19-5-4-12-28-19/h4-13,17,23H,14H2,1-3H3,(H,24,25). The Morgan fingerprint density at radius 2 is 1.79 bits per heavy atom. The highest BCUT2D eigenvalue weighted by Gasteiger charge is 2.17. The monoisotopic (exact) mass is 412 g/mol. The maximum atomic E-state index is 12.6. The zero-order valence-corrected chi connectivity index (χ0v) is 17.4. The van der Waals surface area contributed by atoms with E-state index in [9.17, 15) is 13.2 Å². The molecule has 0 aliphatic heterocycles. The molecule has 1 amide bonds. The first-order valence-corrected chi connectivity index (χ1v) is 10.7. The predicted molar refractivity (Wildman–Crippen MR) is 111 cm³/mol. The molecular weight excluding hydrogens is 388 g/mol. The third-order valence-corrected chi connectivity index (χ3v) is 6.11. The highest BCUT2D eigenvalue weighted by atomic mass is 32.2. The van der Waals surface area contributed by atoms with Crippen LogP contribution in [0.2, 0.25) is 0 Å². The van der Waals surface area contributed by atoms with E-state index in [4.69, 9.17) is 4.42 Å². The van der Waals surface area contributed by atoms with Crippen molar-refractivity contribution in [3.8, 4) is 0 Å². The molecule has 6 nitrogen and oxygen atoms in total. The van der Waals surface area contributed by atoms with Crippen LogP contribution in [0.15, 0.2) is 70.2 Å². The molecule has 3 rings (SSSR count). The van der Waals surface area contributed by atoms with Gasteiger partial charge in [0, 0.05) is 5.56 Å². The number of carbonyl (C=O) groups is 1. The molecule has 0 spiro atoms. The summed E-state index contributed by atoms with van der Waals surface area (Å²) in [7, 11) is -3.70. The zero-order chi connectivity index (χ0) is 21.0. The van der Waals surface area contributed by atoms with E-state index in [0.717, 1.165) is 16.7 Å². The molecule has 0 aliphatic rings. The lowest BCUT2D eigenvalue weighted by Gasteiger charge is -2.17. The lowest BCUT2D eigenvalue weighted by atomic mass is 10.00. The average molecular weight is 413 g/mol. The van der Waals surface area contributed by atoms with Crippen LogP contribution in [-0.2, 0) is 16.6 Å². The van der Waals surface area contributed by atoms with E-state index in [1.165, 1.54) is 30.5 Å². The quantitative estimate of drug-likeness (QED) is 0.617. The lowest BCUT2D eigenvalue weighted by Crippen LogP contribution is -2.27. The summed E-state index contributed by atoms with van der Waals surface area (Å²) in [6.07, 6.45) is 1.48. The smallest absolute Gasteiger partial charge is 0.251 e. The Hall–Kier alpha value is -2.90. The molecule has 0 fully saturated rings. The second-order valence-electron chi connectivity index (χ2n) is 6.98. The van der Waals surface area contributed by atoms with E-state index in [1.807, 2.05) is 32.9 Å². The van der Waals surface area contributed by atoms with Crippen LogP contribution in [0.5, 0.6) is 0 Å². The van der Waals surface area contributed by atoms with Crippen molar-refractivity contribution >= 4 is 15.9 Å². The minimum Gasteiger partial charge on any atom is -0.468 e. The van der Waals surface area contributed by atoms with E-state index in [0.29, 0.717) is 11.3 Å². The Morgan fingerprint density at radius 3 is 2.45 bits per heavy atom. The second-order valence-corrected chi connectivity index (χ2v) is 8.75. The van der Waals surface area contributed by atoms with Gasteiger partial charge in [0.25, 0.3) is 5.91 Å². The maximum absolute atomic E-state index is 12.6. The summed E-state index contributed by atoms with van der Waals surface area (Å²) >= 11 is 0. The van der Waals surface area contributed by atoms with Gasteiger partial charge in [-0.05, 0) is 68.3 Å². The Kier molecular flexibility index (Phi) is 6.20. The summed E-state index contributed by atoms with van der Waals surface area (Å²) in [5, 5.41) is 2.97. The normalized spacial score (nSPS) is 12.5. The summed E-state index contributed by atoms with van der Waals surface area (Å²) in [5.41, 5.74) is 3.68. The van der Waals surface area contributed by atoms with E-state index in [1.54, 1.807) is 12.1 Å². The van der Waals surface area contributed by atoms with Crippen molar-refractivity contribution in [1.82, 2.24) is 10.0 Å². The van der Waals surface area contributed by atoms with Gasteiger partial charge in [-0.3, -0.25) is 4.79 Å². The summed E-state index contributed by atoms with van der Waals surface area (Å²) in [4.78, 5) is 12.7. The predicted octanol–water partition coefficient (Wildman–Crippen LogP) is 3.87. The Bertz CT molecular complexity index is 1090. The van der Waals surface area contributed by atoms with Crippen molar-refractivity contribution < 1.29 is 17.6 Å². The van der Waals surface area contributed by atoms with Gasteiger partial charge in [-0.15, -0.1) is 0 Å². The molecule has 0 saturated carbocycles. The van der Waals surface area contributed by atoms with Crippen LogP contribution in [0, 0.1) is 13.8 Å². The number of aryl methyl sites for hydroxylation is 2. The maximum Gasteiger partial charge on any atom is 0.251 e. The third kappa shape index (κ3) is 5.13. The minimum atomic E-state index is -3.70. The van der Waals surface area contributed by atoms with Crippen LogP contribution in [0.3, 0.4) is 0 Å². The number of benzene rings is 2. The SMILES string of the molecule is Cc1ccc(C)c(C(C)NC(=O)c2ccc(S(=O)(=O)NCc3ccco3)cc2)c1. The molecule has 0 bridgehead atoms. The fourth-order valence-electron chi connectivity index (χ4n) is 3.03. The zero-order valence-electron chi connectivity index (χ0n) is 16.6. The van der Waals surface area contributed by atoms with Gasteiger partial charge in [0.15, 0.2) is 0 Å². The number of carbonyl (C=O) groups excluding carboxylic acids is 1. The number of furan rings is 1. The van der Waals surface area contributed by atoms with E-state index in [-0.39, 0.29) is 23.4 Å². The molecule has 7 heteroatoms. The second kappa shape index (κ2) is 8.63. The topological polar surface area (TPSA) is 88.4 Å². The number of rotatable bonds is 7. The molecule has 0 aliphatic carbocycles. The highest BCUT2D eigenvalue weighted by Crippen LogP contribution is 2.20. The Labute approximate surface area is 171 Å². The van der Waals surface area contributed by atoms with Crippen LogP contribution in [-0.4, -0.2) is 14.3 Å². The first-order valence-electron chi connectivity index (χ1n) is 9.26. The molecule has 2 N–H and O–H groups in total. The van der Waals surface area contributed by atoms with Gasteiger partial charge in [0.2, 0.25) is 10.0 Å². The molecule has 1 aromatic heterocycles. The molecule has 1 atom stereocenters. The van der Waals surface area contributed by atoms with Crippen LogP contribution in [0.25, 0.3) is 0 Å². The first-order chi connectivity index (χ1) is 13.8. The number of hydrogen-bond acceptors (Lipinski definition) is 4. The van der Waals surface area contributed by atoms with Crippen molar-refractivity contribution in [2.45, 2.75) is 38.3 Å². The van der Waals surface area contributed by atoms with Gasteiger partial charge in [0.1, 0.15) is 5.76 Å². The van der Waals surface area contributed by atoms with Gasteiger partial charge >= 0.3 is 0 Å². The fourth-order valence-corrected chi connectivity index (χ4v) is 4.03. The van der Waals surface area contributed by atoms with Crippen molar-refractivity contribution in [2.24, 2.45) is 0 Å². The molecule has 152 valence electrons. The number of nitrogens with one attached hydrogen (secondary N) is 2. The Balaban J connectivity index is 1.67. The Morgan fingerprint density at radius 1 is 1.07 bits per heavy atom. The van der Waals surface area contributed by atoms with Crippen LogP contribution >= 0.6 is 0 Å². The van der Waals surface area contributed by atoms with Gasteiger partial charge in [0.05, 0.1) is 23.7 Å². The van der Waals surface area contributed by atoms with E-state index >= 15 is 0 Å². The molecule has 1 heterocycles. The average Bonchev–Trinajstić information content (AvgIpc) is 3.22. The molecule has 3 aromatic rings. The third-order valence-electron chi connectivity index (χ3n) is 4.69. The number of amides is 1. The van der Waals surface area contributed by atoms with Gasteiger partial charge in [-0.1, -0.05) is 23.8 Å². The van der Waals surface area contributed by atoms with Crippen molar-refractivity contribution in [2.75, 3.05) is 0 Å². The summed E-state index contributed by atoms with van der Waals surface area (Å²) in [6, 6.07) is 15.2. The summed E-state index contributed by atoms with van der Waals surface area (Å²) in [6.45, 7) is 6.01. The largest absolute Gasteiger partial charge is 0.468 e. The highest BCUT2D eigenvalue weighted by molar-refractivity contribution is 7.89. The van der Waals surface area contributed by atoms with Crippen LogP contribution in [0.1, 0.15) is 45.8 Å². The van der Waals surface area contributed by atoms with E-state index < -0.39 is 10.0 Å². The molecule has 0 saturated heterocycles. The molecule has 2 aromatic carbocycles. The van der Waals surface area contributed by atoms with E-state index in [2.05, 4.69) is 16.1 Å². The van der Waals surface area contributed by atoms with Crippen molar-refractivity contribution in [1.29, 1.82) is 0 Å². The van der Waals surface area contributed by atoms with Crippen molar-refractivity contribution in [3.05, 3.63) is 88.9 Å². The number of hydrogen-bond donors (Lipinski definition) is 2. The van der Waals surface area contributed by atoms with Gasteiger partial charge in [-0.25, -0.2) is 13.1 Å². The number of sulfonamides is 1. The van der Waals surface area contributed by atoms with Crippen molar-refractivity contribution in [3.63, 3.8) is 0 Å². The molecule has 29 heavy (non-hydrogen) atoms. The van der Waals surface area contributed by atoms with Crippen LogP contribution in [0.4, 0.5) is 0 Å². The molecule has 0 radical (unpaired) electrons. The summed E-state index contributed by atoms with van der Waals surface area (Å²) < 4.78 is 32.4. The molecule has 1 unspecified atom stereocenters. The van der Waals surface area contributed by atoms with Gasteiger partial charge in [-0.2, -0.15) is 0 Å². The summed E-state index contributed by atoms with van der Waals surface area (Å²) in [5.74, 6) is 0.260. The molecular formula is C22H24N2O4S. The minimum absolute atomic E-state index is 0.0604. The first kappa shape index (κ1) is 20.8. The van der Waals surface area contributed by atoms with Gasteiger partial charge < -0.3 is 9.73 Å². The fraction of sp³-hybridized carbons (Fsp3) is 0.227. The lowest BCUT2D eigenvalue weighted by molar-refractivity contribution is 0.0939. The van der Waals surface area contributed by atoms with Crippen LogP contribution < -0.4 is 10.0 Å².